The predicted molar refractivity (Wildman–Crippen MR) is 118 cm³/mol. The maximum atomic E-state index is 13.4. The van der Waals surface area contributed by atoms with E-state index >= 15 is 0 Å². The molecule has 1 aromatic carbocycles. The molecule has 2 heterocycles. The van der Waals surface area contributed by atoms with Gasteiger partial charge in [-0.15, -0.1) is 0 Å². The Morgan fingerprint density at radius 1 is 1.14 bits per heavy atom. The minimum absolute atomic E-state index is 0. The van der Waals surface area contributed by atoms with Gasteiger partial charge in [0, 0.05) is 46.7 Å². The van der Waals surface area contributed by atoms with Gasteiger partial charge in [0.25, 0.3) is 0 Å². The van der Waals surface area contributed by atoms with Gasteiger partial charge >= 0.3 is 0 Å². The second-order valence-corrected chi connectivity index (χ2v) is 8.58. The summed E-state index contributed by atoms with van der Waals surface area (Å²) in [6.45, 7) is 6.62. The van der Waals surface area contributed by atoms with Gasteiger partial charge in [0.05, 0.1) is 16.4 Å². The van der Waals surface area contributed by atoms with Crippen molar-refractivity contribution in [3.63, 3.8) is 0 Å². The zero-order valence-electron chi connectivity index (χ0n) is 15.9. The Balaban J connectivity index is 0.00000300. The van der Waals surface area contributed by atoms with E-state index in [9.17, 15) is 4.21 Å². The largest absolute Gasteiger partial charge is 0.368 e. The fraction of sp³-hybridized carbons (Fsp3) is 0.136. The van der Waals surface area contributed by atoms with Crippen LogP contribution in [0, 0.1) is 0 Å². The second kappa shape index (κ2) is 8.71. The molecule has 0 saturated heterocycles. The normalized spacial score (nSPS) is 12.8. The maximum absolute atomic E-state index is 13.4. The Hall–Kier alpha value is -3.12. The Bertz CT molecular complexity index is 1050. The molecule has 0 amide bonds. The summed E-state index contributed by atoms with van der Waals surface area (Å²) < 4.78 is 13.4. The maximum Gasteiger partial charge on any atom is 0.0959 e. The number of aromatic nitrogens is 2. The molecule has 5 nitrogen and oxygen atoms in total. The van der Waals surface area contributed by atoms with E-state index in [0.29, 0.717) is 28.6 Å². The number of pyridine rings is 2. The number of benzene rings is 1. The van der Waals surface area contributed by atoms with Crippen LogP contribution >= 0.6 is 0 Å². The van der Waals surface area contributed by atoms with Crippen LogP contribution in [0.25, 0.3) is 0 Å². The van der Waals surface area contributed by atoms with Gasteiger partial charge in [-0.2, -0.15) is 0 Å². The standard InChI is InChI=1S/C22H24N4OS.H2/c1-4-21-22(8-6-14-24-21)28(3,27)20-11-9-19(10-12-20)26-17(2)25-16-18-7-5-13-23-15-18;/h5-15,25-26H,2-4,16H2,1H3;1H. The van der Waals surface area contributed by atoms with Gasteiger partial charge in [0.1, 0.15) is 0 Å². The van der Waals surface area contributed by atoms with Crippen molar-refractivity contribution in [2.45, 2.75) is 29.7 Å². The molecule has 1 atom stereocenters. The smallest absolute Gasteiger partial charge is 0.0959 e. The monoisotopic (exact) mass is 394 g/mol. The molecule has 6 heteroatoms. The highest BCUT2D eigenvalue weighted by molar-refractivity contribution is 8.00. The average Bonchev–Trinajstić information content (AvgIpc) is 2.73. The molecule has 0 radical (unpaired) electrons. The third-order valence-electron chi connectivity index (χ3n) is 4.30. The summed E-state index contributed by atoms with van der Waals surface area (Å²) in [5, 5.41) is 6.41. The van der Waals surface area contributed by atoms with E-state index in [1.54, 1.807) is 18.5 Å². The highest BCUT2D eigenvalue weighted by atomic mass is 32.2. The summed E-state index contributed by atoms with van der Waals surface area (Å²) in [4.78, 5) is 9.80. The summed E-state index contributed by atoms with van der Waals surface area (Å²) in [5.74, 6) is 4.68. The third kappa shape index (κ3) is 4.58. The van der Waals surface area contributed by atoms with Gasteiger partial charge in [-0.25, -0.2) is 0 Å². The number of hydrogen-bond acceptors (Lipinski definition) is 5. The first-order chi connectivity index (χ1) is 13.5. The first kappa shape index (κ1) is 19.6. The number of nitrogens with zero attached hydrogens (tertiary/aromatic N) is 2. The molecule has 28 heavy (non-hydrogen) atoms. The van der Waals surface area contributed by atoms with Crippen LogP contribution in [0.2, 0.25) is 0 Å². The van der Waals surface area contributed by atoms with Gasteiger partial charge in [-0.3, -0.25) is 14.2 Å². The number of aryl methyl sites for hydroxylation is 1. The number of anilines is 1. The zero-order chi connectivity index (χ0) is 20.0. The van der Waals surface area contributed by atoms with E-state index < -0.39 is 9.52 Å². The van der Waals surface area contributed by atoms with Crippen molar-refractivity contribution in [3.05, 3.63) is 90.8 Å². The minimum atomic E-state index is -2.61. The van der Waals surface area contributed by atoms with Crippen LogP contribution < -0.4 is 10.6 Å². The molecule has 0 bridgehead atoms. The van der Waals surface area contributed by atoms with Gasteiger partial charge < -0.3 is 10.6 Å². The molecule has 2 N–H and O–H groups in total. The summed E-state index contributed by atoms with van der Waals surface area (Å²) in [6.07, 6.45) is 5.98. The van der Waals surface area contributed by atoms with Crippen molar-refractivity contribution in [2.75, 3.05) is 5.32 Å². The van der Waals surface area contributed by atoms with Crippen LogP contribution in [-0.2, 0) is 22.5 Å². The molecule has 0 aliphatic heterocycles. The molecule has 3 rings (SSSR count). The Morgan fingerprint density at radius 3 is 2.57 bits per heavy atom. The highest BCUT2D eigenvalue weighted by Crippen LogP contribution is 2.24. The lowest BCUT2D eigenvalue weighted by Crippen LogP contribution is -2.18. The molecule has 3 aromatic rings. The van der Waals surface area contributed by atoms with E-state index in [-0.39, 0.29) is 1.43 Å². The van der Waals surface area contributed by atoms with Gasteiger partial charge in [0.2, 0.25) is 0 Å². The quantitative estimate of drug-likeness (QED) is 0.563. The molecule has 146 valence electrons. The van der Waals surface area contributed by atoms with Gasteiger partial charge in [0.15, 0.2) is 0 Å². The van der Waals surface area contributed by atoms with E-state index in [2.05, 4.69) is 33.1 Å². The van der Waals surface area contributed by atoms with Crippen LogP contribution in [0.1, 0.15) is 19.6 Å². The summed E-state index contributed by atoms with van der Waals surface area (Å²) in [6, 6.07) is 14.9. The first-order valence-electron chi connectivity index (χ1n) is 9.00. The topological polar surface area (TPSA) is 66.9 Å². The average molecular weight is 395 g/mol. The number of nitrogens with one attached hydrogen (secondary N) is 2. The summed E-state index contributed by atoms with van der Waals surface area (Å²) in [7, 11) is -2.61. The van der Waals surface area contributed by atoms with E-state index in [1.807, 2.05) is 55.6 Å². The molecule has 1 unspecified atom stereocenters. The number of rotatable bonds is 8. The van der Waals surface area contributed by atoms with Crippen molar-refractivity contribution in [3.8, 4) is 0 Å². The Morgan fingerprint density at radius 2 is 1.89 bits per heavy atom. The van der Waals surface area contributed by atoms with Crippen LogP contribution in [0.3, 0.4) is 0 Å². The van der Waals surface area contributed by atoms with Crippen LogP contribution in [0.4, 0.5) is 5.69 Å². The summed E-state index contributed by atoms with van der Waals surface area (Å²) in [5.41, 5.74) is 2.74. The molecule has 2 aromatic heterocycles. The fourth-order valence-electron chi connectivity index (χ4n) is 2.80. The lowest BCUT2D eigenvalue weighted by molar-refractivity contribution is 0.679. The molecule has 0 aliphatic rings. The number of hydrogen-bond donors (Lipinski definition) is 2. The fourth-order valence-corrected chi connectivity index (χ4v) is 4.51. The van der Waals surface area contributed by atoms with Crippen molar-refractivity contribution in [2.24, 2.45) is 0 Å². The van der Waals surface area contributed by atoms with Crippen molar-refractivity contribution < 1.29 is 5.64 Å². The second-order valence-electron chi connectivity index (χ2n) is 6.32. The van der Waals surface area contributed by atoms with Crippen LogP contribution in [0.15, 0.2) is 89.3 Å². The van der Waals surface area contributed by atoms with Crippen molar-refractivity contribution in [1.29, 1.82) is 0 Å². The zero-order valence-corrected chi connectivity index (χ0v) is 16.7. The van der Waals surface area contributed by atoms with Crippen molar-refractivity contribution >= 4 is 21.1 Å². The van der Waals surface area contributed by atoms with Gasteiger partial charge in [-0.1, -0.05) is 19.6 Å². The van der Waals surface area contributed by atoms with E-state index in [0.717, 1.165) is 16.9 Å². The SMILES string of the molecule is C=C(NCc1cccnc1)Nc1ccc(S(=C)(=O)c2cccnc2CC)cc1.[HH]. The third-order valence-corrected chi connectivity index (χ3v) is 6.41. The first-order valence-corrected chi connectivity index (χ1v) is 10.7. The van der Waals surface area contributed by atoms with E-state index in [1.165, 1.54) is 0 Å². The van der Waals surface area contributed by atoms with Crippen molar-refractivity contribution in [1.82, 2.24) is 15.3 Å². The molecule has 0 fully saturated rings. The van der Waals surface area contributed by atoms with Crippen LogP contribution in [-0.4, -0.2) is 20.0 Å². The van der Waals surface area contributed by atoms with Gasteiger partial charge in [-0.05, 0) is 60.3 Å². The van der Waals surface area contributed by atoms with Crippen LogP contribution in [0.5, 0.6) is 0 Å². The highest BCUT2D eigenvalue weighted by Gasteiger charge is 2.15. The lowest BCUT2D eigenvalue weighted by Gasteiger charge is -2.15. The molecular formula is C22H26N4OS. The molecule has 0 saturated carbocycles. The van der Waals surface area contributed by atoms with E-state index in [4.69, 9.17) is 0 Å². The molecule has 0 aliphatic carbocycles. The molecular weight excluding hydrogens is 368 g/mol. The minimum Gasteiger partial charge on any atom is -0.368 e. The molecule has 0 spiro atoms. The summed E-state index contributed by atoms with van der Waals surface area (Å²) >= 11 is 0. The lowest BCUT2D eigenvalue weighted by atomic mass is 10.3. The predicted octanol–water partition coefficient (Wildman–Crippen LogP) is 4.09. The Kier molecular flexibility index (Phi) is 6.11. The Labute approximate surface area is 168 Å².